The second-order valence-electron chi connectivity index (χ2n) is 5.04. The average Bonchev–Trinajstić information content (AvgIpc) is 2.82. The number of hydrogen-bond acceptors (Lipinski definition) is 5. The zero-order valence-electron chi connectivity index (χ0n) is 11.1. The van der Waals surface area contributed by atoms with Crippen LogP contribution in [0.3, 0.4) is 0 Å². The number of nitrogens with zero attached hydrogens (tertiary/aromatic N) is 2. The fraction of sp³-hybridized carbons (Fsp3) is 0.417. The average molecular weight is 319 g/mol. The van der Waals surface area contributed by atoms with Crippen LogP contribution < -0.4 is 5.73 Å². The first-order chi connectivity index (χ1) is 10.0. The van der Waals surface area contributed by atoms with Crippen molar-refractivity contribution in [3.8, 4) is 0 Å². The van der Waals surface area contributed by atoms with E-state index in [0.29, 0.717) is 0 Å². The van der Waals surface area contributed by atoms with E-state index >= 15 is 0 Å². The SMILES string of the molecule is Nc1ccc(C(=O)N2CC[C@@](O)(C(F)(F)F)C2)cc1[N+](=O)[O-]. The number of halogens is 3. The van der Waals surface area contributed by atoms with E-state index in [1.165, 1.54) is 6.07 Å². The van der Waals surface area contributed by atoms with Crippen LogP contribution in [-0.2, 0) is 0 Å². The molecule has 1 fully saturated rings. The lowest BCUT2D eigenvalue weighted by molar-refractivity contribution is -0.383. The van der Waals surface area contributed by atoms with Crippen molar-refractivity contribution in [2.75, 3.05) is 18.8 Å². The molecule has 1 aromatic rings. The zero-order valence-corrected chi connectivity index (χ0v) is 11.1. The van der Waals surface area contributed by atoms with Crippen LogP contribution >= 0.6 is 0 Å². The van der Waals surface area contributed by atoms with Crippen molar-refractivity contribution in [2.24, 2.45) is 0 Å². The van der Waals surface area contributed by atoms with Crippen LogP contribution in [-0.4, -0.2) is 45.7 Å². The van der Waals surface area contributed by atoms with Gasteiger partial charge >= 0.3 is 6.18 Å². The molecule has 1 saturated heterocycles. The molecule has 1 atom stereocenters. The van der Waals surface area contributed by atoms with Gasteiger partial charge in [0.1, 0.15) is 5.69 Å². The predicted octanol–water partition coefficient (Wildman–Crippen LogP) is 1.32. The van der Waals surface area contributed by atoms with Gasteiger partial charge in [-0.25, -0.2) is 0 Å². The Morgan fingerprint density at radius 2 is 2.09 bits per heavy atom. The highest BCUT2D eigenvalue weighted by Gasteiger charge is 2.57. The Balaban J connectivity index is 2.24. The summed E-state index contributed by atoms with van der Waals surface area (Å²) in [6.45, 7) is -1.21. The van der Waals surface area contributed by atoms with Crippen molar-refractivity contribution in [3.05, 3.63) is 33.9 Å². The van der Waals surface area contributed by atoms with E-state index in [-0.39, 0.29) is 17.8 Å². The van der Waals surface area contributed by atoms with Crippen LogP contribution in [0.4, 0.5) is 24.5 Å². The Bertz CT molecular complexity index is 635. The van der Waals surface area contributed by atoms with E-state index in [2.05, 4.69) is 0 Å². The molecule has 0 spiro atoms. The van der Waals surface area contributed by atoms with Crippen LogP contribution in [0.15, 0.2) is 18.2 Å². The van der Waals surface area contributed by atoms with E-state index in [0.717, 1.165) is 17.0 Å². The number of nitrogens with two attached hydrogens (primary N) is 1. The first kappa shape index (κ1) is 16.0. The number of nitro groups is 1. The molecule has 0 aromatic heterocycles. The fourth-order valence-corrected chi connectivity index (χ4v) is 2.22. The maximum absolute atomic E-state index is 12.7. The van der Waals surface area contributed by atoms with E-state index < -0.39 is 41.3 Å². The van der Waals surface area contributed by atoms with Gasteiger partial charge in [-0.1, -0.05) is 0 Å². The lowest BCUT2D eigenvalue weighted by Gasteiger charge is -2.25. The standard InChI is InChI=1S/C12H12F3N3O4/c13-12(14,15)11(20)3-4-17(6-11)10(19)7-1-2-8(16)9(5-7)18(21)22/h1-2,5,20H,3-4,6,16H2/t11-/m0/s1. The van der Waals surface area contributed by atoms with Gasteiger partial charge in [-0.05, 0) is 12.1 Å². The first-order valence-electron chi connectivity index (χ1n) is 6.17. The minimum atomic E-state index is -4.85. The molecule has 7 nitrogen and oxygen atoms in total. The molecular weight excluding hydrogens is 307 g/mol. The molecule has 0 saturated carbocycles. The maximum atomic E-state index is 12.7. The lowest BCUT2D eigenvalue weighted by Crippen LogP contribution is -2.48. The molecule has 1 aromatic carbocycles. The Morgan fingerprint density at radius 1 is 1.45 bits per heavy atom. The second kappa shape index (κ2) is 5.13. The van der Waals surface area contributed by atoms with Crippen LogP contribution in [0.1, 0.15) is 16.8 Å². The van der Waals surface area contributed by atoms with Gasteiger partial charge < -0.3 is 15.7 Å². The summed E-state index contributed by atoms with van der Waals surface area (Å²) in [6, 6.07) is 3.23. The smallest absolute Gasteiger partial charge is 0.393 e. The number of hydrogen-bond donors (Lipinski definition) is 2. The van der Waals surface area contributed by atoms with Crippen molar-refractivity contribution in [3.63, 3.8) is 0 Å². The number of β-amino-alcohol motifs (C(OH)–C–C–N with tert-alkyl or cyclic N) is 1. The minimum absolute atomic E-state index is 0.158. The summed E-state index contributed by atoms with van der Waals surface area (Å²) in [5.41, 5.74) is 1.61. The third kappa shape index (κ3) is 2.69. The van der Waals surface area contributed by atoms with Crippen LogP contribution in [0.25, 0.3) is 0 Å². The summed E-state index contributed by atoms with van der Waals surface area (Å²) >= 11 is 0. The Labute approximate surface area is 122 Å². The van der Waals surface area contributed by atoms with Crippen LogP contribution in [0, 0.1) is 10.1 Å². The van der Waals surface area contributed by atoms with Crippen molar-refractivity contribution < 1.29 is 28.0 Å². The van der Waals surface area contributed by atoms with Gasteiger partial charge in [0.2, 0.25) is 0 Å². The van der Waals surface area contributed by atoms with Crippen LogP contribution in [0.2, 0.25) is 0 Å². The molecule has 120 valence electrons. The number of likely N-dealkylation sites (tertiary alicyclic amines) is 1. The van der Waals surface area contributed by atoms with Gasteiger partial charge in [0.25, 0.3) is 11.6 Å². The molecule has 10 heteroatoms. The third-order valence-electron chi connectivity index (χ3n) is 3.54. The summed E-state index contributed by atoms with van der Waals surface area (Å²) in [4.78, 5) is 22.9. The molecule has 1 aliphatic rings. The highest BCUT2D eigenvalue weighted by atomic mass is 19.4. The number of nitro benzene ring substituents is 1. The summed E-state index contributed by atoms with van der Waals surface area (Å²) in [7, 11) is 0. The molecule has 1 amide bonds. The monoisotopic (exact) mass is 319 g/mol. The van der Waals surface area contributed by atoms with Gasteiger partial charge in [-0.3, -0.25) is 14.9 Å². The van der Waals surface area contributed by atoms with E-state index in [1.807, 2.05) is 0 Å². The number of alkyl halides is 3. The van der Waals surface area contributed by atoms with Gasteiger partial charge in [0.05, 0.1) is 11.5 Å². The number of anilines is 1. The Hall–Kier alpha value is -2.36. The van der Waals surface area contributed by atoms with Gasteiger partial charge in [0, 0.05) is 24.6 Å². The van der Waals surface area contributed by atoms with E-state index in [4.69, 9.17) is 5.73 Å². The topological polar surface area (TPSA) is 110 Å². The van der Waals surface area contributed by atoms with Crippen LogP contribution in [0.5, 0.6) is 0 Å². The summed E-state index contributed by atoms with van der Waals surface area (Å²) in [5, 5.41) is 20.3. The van der Waals surface area contributed by atoms with E-state index in [1.54, 1.807) is 0 Å². The quantitative estimate of drug-likeness (QED) is 0.485. The number of aliphatic hydroxyl groups is 1. The Kier molecular flexibility index (Phi) is 3.73. The molecule has 0 bridgehead atoms. The lowest BCUT2D eigenvalue weighted by atomic mass is 10.0. The molecule has 0 aliphatic carbocycles. The van der Waals surface area contributed by atoms with Gasteiger partial charge in [-0.2, -0.15) is 13.2 Å². The van der Waals surface area contributed by atoms with Crippen molar-refractivity contribution in [2.45, 2.75) is 18.2 Å². The summed E-state index contributed by atoms with van der Waals surface area (Å²) in [6.07, 6.45) is -5.49. The first-order valence-corrected chi connectivity index (χ1v) is 6.17. The van der Waals surface area contributed by atoms with Gasteiger partial charge in [-0.15, -0.1) is 0 Å². The highest BCUT2D eigenvalue weighted by molar-refractivity contribution is 5.96. The molecule has 1 heterocycles. The number of benzene rings is 1. The fourth-order valence-electron chi connectivity index (χ4n) is 2.22. The summed E-state index contributed by atoms with van der Waals surface area (Å²) in [5.74, 6) is -0.830. The molecular formula is C12H12F3N3O4. The largest absolute Gasteiger partial charge is 0.419 e. The van der Waals surface area contributed by atoms with Crippen molar-refractivity contribution in [1.82, 2.24) is 4.90 Å². The highest BCUT2D eigenvalue weighted by Crippen LogP contribution is 2.38. The number of carbonyl (C=O) groups is 1. The van der Waals surface area contributed by atoms with E-state index in [9.17, 15) is 33.2 Å². The second-order valence-corrected chi connectivity index (χ2v) is 5.04. The normalized spacial score (nSPS) is 21.9. The number of carbonyl (C=O) groups excluding carboxylic acids is 1. The van der Waals surface area contributed by atoms with Crippen molar-refractivity contribution >= 4 is 17.3 Å². The number of nitrogen functional groups attached to an aromatic ring is 1. The molecule has 2 rings (SSSR count). The predicted molar refractivity (Wildman–Crippen MR) is 69.0 cm³/mol. The number of rotatable bonds is 2. The number of amides is 1. The zero-order chi connectivity index (χ0) is 16.7. The Morgan fingerprint density at radius 3 is 2.59 bits per heavy atom. The van der Waals surface area contributed by atoms with Crippen molar-refractivity contribution in [1.29, 1.82) is 0 Å². The molecule has 1 aliphatic heterocycles. The minimum Gasteiger partial charge on any atom is -0.393 e. The molecule has 3 N–H and O–H groups in total. The molecule has 0 unspecified atom stereocenters. The molecule has 0 radical (unpaired) electrons. The van der Waals surface area contributed by atoms with Gasteiger partial charge in [0.15, 0.2) is 5.60 Å². The maximum Gasteiger partial charge on any atom is 0.419 e. The third-order valence-corrected chi connectivity index (χ3v) is 3.54. The summed E-state index contributed by atoms with van der Waals surface area (Å²) < 4.78 is 38.1. The molecule has 22 heavy (non-hydrogen) atoms.